The molecule has 1 aromatic heterocycles. The molecule has 1 amide bonds. The van der Waals surface area contributed by atoms with Crippen molar-refractivity contribution in [2.45, 2.75) is 19.6 Å². The van der Waals surface area contributed by atoms with Gasteiger partial charge in [-0.2, -0.15) is 5.10 Å². The molecule has 104 valence electrons. The van der Waals surface area contributed by atoms with Crippen molar-refractivity contribution in [1.82, 2.24) is 14.8 Å². The zero-order chi connectivity index (χ0) is 14.5. The Balaban J connectivity index is 2.00. The van der Waals surface area contributed by atoms with E-state index in [-0.39, 0.29) is 0 Å². The minimum atomic E-state index is -0.947. The van der Waals surface area contributed by atoms with Crippen molar-refractivity contribution in [3.8, 4) is 0 Å². The maximum absolute atomic E-state index is 11.7. The molecule has 0 aliphatic rings. The van der Waals surface area contributed by atoms with Crippen LogP contribution in [0.2, 0.25) is 0 Å². The molecule has 0 fully saturated rings. The van der Waals surface area contributed by atoms with Crippen LogP contribution in [-0.4, -0.2) is 32.7 Å². The second-order valence-electron chi connectivity index (χ2n) is 4.24. The second kappa shape index (κ2) is 5.96. The van der Waals surface area contributed by atoms with Crippen molar-refractivity contribution < 1.29 is 14.3 Å². The Morgan fingerprint density at radius 2 is 2.05 bits per heavy atom. The first-order valence-corrected chi connectivity index (χ1v) is 5.98. The lowest BCUT2D eigenvalue weighted by Crippen LogP contribution is -2.30. The predicted molar refractivity (Wildman–Crippen MR) is 69.6 cm³/mol. The van der Waals surface area contributed by atoms with Crippen LogP contribution >= 0.6 is 0 Å². The number of primary amides is 1. The molecule has 0 aliphatic carbocycles. The van der Waals surface area contributed by atoms with Gasteiger partial charge in [-0.3, -0.25) is 4.79 Å². The summed E-state index contributed by atoms with van der Waals surface area (Å²) >= 11 is 0. The average molecular weight is 274 g/mol. The highest BCUT2D eigenvalue weighted by atomic mass is 16.5. The van der Waals surface area contributed by atoms with Crippen LogP contribution in [-0.2, 0) is 16.1 Å². The molecule has 0 saturated carbocycles. The van der Waals surface area contributed by atoms with Crippen LogP contribution in [0.3, 0.4) is 0 Å². The quantitative estimate of drug-likeness (QED) is 0.793. The topological polar surface area (TPSA) is 100 Å². The standard InChI is InChI=1S/C13H14N4O3/c1-9(12(14)18)20-13(19)11-4-2-10(3-5-11)6-17-8-15-7-16-17/h2-5,7-9H,6H2,1H3,(H2,14,18)/t9-/m1/s1. The van der Waals surface area contributed by atoms with Crippen molar-refractivity contribution in [1.29, 1.82) is 0 Å². The van der Waals surface area contributed by atoms with E-state index in [1.807, 2.05) is 0 Å². The fourth-order valence-corrected chi connectivity index (χ4v) is 1.53. The number of carbonyl (C=O) groups is 2. The number of ether oxygens (including phenoxy) is 1. The molecular formula is C13H14N4O3. The molecule has 7 nitrogen and oxygen atoms in total. The van der Waals surface area contributed by atoms with Gasteiger partial charge in [-0.1, -0.05) is 12.1 Å². The summed E-state index contributed by atoms with van der Waals surface area (Å²) in [5.74, 6) is -1.26. The summed E-state index contributed by atoms with van der Waals surface area (Å²) in [5.41, 5.74) is 6.36. The summed E-state index contributed by atoms with van der Waals surface area (Å²) in [6.45, 7) is 1.99. The highest BCUT2D eigenvalue weighted by Gasteiger charge is 2.15. The van der Waals surface area contributed by atoms with Crippen LogP contribution in [0.25, 0.3) is 0 Å². The molecule has 7 heteroatoms. The zero-order valence-corrected chi connectivity index (χ0v) is 10.9. The fourth-order valence-electron chi connectivity index (χ4n) is 1.53. The number of carbonyl (C=O) groups excluding carboxylic acids is 2. The van der Waals surface area contributed by atoms with Gasteiger partial charge in [0.15, 0.2) is 6.10 Å². The van der Waals surface area contributed by atoms with Crippen molar-refractivity contribution >= 4 is 11.9 Å². The second-order valence-corrected chi connectivity index (χ2v) is 4.24. The number of hydrogen-bond acceptors (Lipinski definition) is 5. The first-order valence-electron chi connectivity index (χ1n) is 5.98. The molecule has 0 bridgehead atoms. The summed E-state index contributed by atoms with van der Waals surface area (Å²) in [5, 5.41) is 3.99. The normalized spacial score (nSPS) is 11.8. The van der Waals surface area contributed by atoms with Gasteiger partial charge in [-0.05, 0) is 24.6 Å². The lowest BCUT2D eigenvalue weighted by atomic mass is 10.1. The van der Waals surface area contributed by atoms with Crippen LogP contribution in [0.1, 0.15) is 22.8 Å². The molecule has 0 unspecified atom stereocenters. The van der Waals surface area contributed by atoms with Crippen LogP contribution in [0.15, 0.2) is 36.9 Å². The number of esters is 1. The van der Waals surface area contributed by atoms with Gasteiger partial charge in [0.1, 0.15) is 12.7 Å². The van der Waals surface area contributed by atoms with Gasteiger partial charge >= 0.3 is 5.97 Å². The molecule has 0 spiro atoms. The number of nitrogens with two attached hydrogens (primary N) is 1. The molecule has 0 aliphatic heterocycles. The smallest absolute Gasteiger partial charge is 0.338 e. The number of amides is 1. The Morgan fingerprint density at radius 3 is 2.60 bits per heavy atom. The Hall–Kier alpha value is -2.70. The van der Waals surface area contributed by atoms with Gasteiger partial charge in [0.05, 0.1) is 12.1 Å². The van der Waals surface area contributed by atoms with Gasteiger partial charge < -0.3 is 10.5 Å². The monoisotopic (exact) mass is 274 g/mol. The first kappa shape index (κ1) is 13.7. The lowest BCUT2D eigenvalue weighted by Gasteiger charge is -2.09. The Labute approximate surface area is 115 Å². The average Bonchev–Trinajstić information content (AvgIpc) is 2.92. The van der Waals surface area contributed by atoms with Gasteiger partial charge in [0.25, 0.3) is 5.91 Å². The Morgan fingerprint density at radius 1 is 1.35 bits per heavy atom. The third-order valence-corrected chi connectivity index (χ3v) is 2.69. The summed E-state index contributed by atoms with van der Waals surface area (Å²) in [6, 6.07) is 6.82. The maximum atomic E-state index is 11.7. The Kier molecular flexibility index (Phi) is 4.09. The molecule has 1 atom stereocenters. The van der Waals surface area contributed by atoms with Gasteiger partial charge in [-0.25, -0.2) is 14.5 Å². The highest BCUT2D eigenvalue weighted by molar-refractivity contribution is 5.91. The van der Waals surface area contributed by atoms with Crippen LogP contribution in [0.4, 0.5) is 0 Å². The first-order chi connectivity index (χ1) is 9.56. The van der Waals surface area contributed by atoms with Gasteiger partial charge in [0, 0.05) is 0 Å². The molecule has 1 heterocycles. The number of rotatable bonds is 5. The largest absolute Gasteiger partial charge is 0.449 e. The van der Waals surface area contributed by atoms with Crippen LogP contribution in [0, 0.1) is 0 Å². The van der Waals surface area contributed by atoms with E-state index in [0.717, 1.165) is 5.56 Å². The van der Waals surface area contributed by atoms with Crippen molar-refractivity contribution in [3.05, 3.63) is 48.0 Å². The predicted octanol–water partition coefficient (Wildman–Crippen LogP) is 0.357. The van der Waals surface area contributed by atoms with E-state index < -0.39 is 18.0 Å². The maximum Gasteiger partial charge on any atom is 0.338 e. The van der Waals surface area contributed by atoms with E-state index in [1.165, 1.54) is 13.3 Å². The summed E-state index contributed by atoms with van der Waals surface area (Å²) in [4.78, 5) is 26.4. The summed E-state index contributed by atoms with van der Waals surface area (Å²) < 4.78 is 6.57. The molecule has 20 heavy (non-hydrogen) atoms. The minimum absolute atomic E-state index is 0.362. The SMILES string of the molecule is C[C@@H](OC(=O)c1ccc(Cn2cncn2)cc1)C(N)=O. The zero-order valence-electron chi connectivity index (χ0n) is 10.9. The van der Waals surface area contributed by atoms with E-state index in [4.69, 9.17) is 10.5 Å². The molecule has 0 saturated heterocycles. The number of benzene rings is 1. The van der Waals surface area contributed by atoms with Gasteiger partial charge in [-0.15, -0.1) is 0 Å². The summed E-state index contributed by atoms with van der Waals surface area (Å²) in [6.07, 6.45) is 2.12. The molecule has 1 aromatic carbocycles. The molecular weight excluding hydrogens is 260 g/mol. The number of hydrogen-bond donors (Lipinski definition) is 1. The van der Waals surface area contributed by atoms with E-state index in [9.17, 15) is 9.59 Å². The lowest BCUT2D eigenvalue weighted by molar-refractivity contribution is -0.125. The van der Waals surface area contributed by atoms with Gasteiger partial charge in [0.2, 0.25) is 0 Å². The van der Waals surface area contributed by atoms with E-state index in [0.29, 0.717) is 12.1 Å². The van der Waals surface area contributed by atoms with E-state index in [2.05, 4.69) is 10.1 Å². The molecule has 2 aromatic rings. The third kappa shape index (κ3) is 3.41. The fraction of sp³-hybridized carbons (Fsp3) is 0.231. The van der Waals surface area contributed by atoms with Crippen LogP contribution < -0.4 is 5.73 Å². The third-order valence-electron chi connectivity index (χ3n) is 2.69. The summed E-state index contributed by atoms with van der Waals surface area (Å²) in [7, 11) is 0. The highest BCUT2D eigenvalue weighted by Crippen LogP contribution is 2.08. The molecule has 2 N–H and O–H groups in total. The minimum Gasteiger partial charge on any atom is -0.449 e. The van der Waals surface area contributed by atoms with Crippen molar-refractivity contribution in [3.63, 3.8) is 0 Å². The van der Waals surface area contributed by atoms with E-state index in [1.54, 1.807) is 35.3 Å². The number of nitrogens with zero attached hydrogens (tertiary/aromatic N) is 3. The van der Waals surface area contributed by atoms with Crippen LogP contribution in [0.5, 0.6) is 0 Å². The van der Waals surface area contributed by atoms with Crippen molar-refractivity contribution in [2.24, 2.45) is 5.73 Å². The molecule has 2 rings (SSSR count). The van der Waals surface area contributed by atoms with E-state index >= 15 is 0 Å². The number of aromatic nitrogens is 3. The molecule has 0 radical (unpaired) electrons. The Bertz CT molecular complexity index is 593. The van der Waals surface area contributed by atoms with Crippen molar-refractivity contribution in [2.75, 3.05) is 0 Å².